The molecule has 2 saturated heterocycles. The fourth-order valence-corrected chi connectivity index (χ4v) is 4.24. The first-order valence-corrected chi connectivity index (χ1v) is 9.40. The second-order valence-corrected chi connectivity index (χ2v) is 7.70. The molecule has 1 aromatic heterocycles. The second kappa shape index (κ2) is 8.41. The summed E-state index contributed by atoms with van der Waals surface area (Å²) in [6.45, 7) is 7.89. The van der Waals surface area contributed by atoms with Gasteiger partial charge < -0.3 is 19.6 Å². The number of likely N-dealkylation sites (tertiary alicyclic amines) is 2. The number of nitrogens with zero attached hydrogens (tertiary/aromatic N) is 2. The first-order valence-electron chi connectivity index (χ1n) is 8.52. The highest BCUT2D eigenvalue weighted by Crippen LogP contribution is 2.20. The largest absolute Gasteiger partial charge is 0.389 e. The molecule has 4 nitrogen and oxygen atoms in total. The molecule has 3 rings (SSSR count). The zero-order chi connectivity index (χ0) is 15.2. The smallest absolute Gasteiger partial charge is 0.0900 e. The molecule has 124 valence electrons. The monoisotopic (exact) mass is 324 g/mol. The third kappa shape index (κ3) is 5.03. The summed E-state index contributed by atoms with van der Waals surface area (Å²) >= 11 is 1.70. The summed E-state index contributed by atoms with van der Waals surface area (Å²) in [6.07, 6.45) is 3.65. The maximum Gasteiger partial charge on any atom is 0.0900 e. The lowest BCUT2D eigenvalue weighted by Crippen LogP contribution is -2.34. The van der Waals surface area contributed by atoms with E-state index in [0.29, 0.717) is 13.2 Å². The number of thiophene rings is 1. The molecule has 1 N–H and O–H groups in total. The summed E-state index contributed by atoms with van der Waals surface area (Å²) < 4.78 is 5.61. The molecule has 2 aliphatic heterocycles. The van der Waals surface area contributed by atoms with Crippen molar-refractivity contribution in [2.75, 3.05) is 45.9 Å². The minimum Gasteiger partial charge on any atom is -0.389 e. The van der Waals surface area contributed by atoms with Gasteiger partial charge in [0.05, 0.1) is 19.3 Å². The number of ether oxygens (including phenoxy) is 1. The highest BCUT2D eigenvalue weighted by atomic mass is 32.1. The van der Waals surface area contributed by atoms with Gasteiger partial charge in [0, 0.05) is 24.5 Å². The van der Waals surface area contributed by atoms with Crippen LogP contribution in [0.5, 0.6) is 0 Å². The standard InChI is InChI=1S/C17H28N2O2S/c20-16(13-21-14-17-4-3-9-22-17)12-19-8-5-15(11-19)10-18-6-1-2-7-18/h3-4,9,15-16,20H,1-2,5-8,10-14H2. The third-order valence-corrected chi connectivity index (χ3v) is 5.54. The van der Waals surface area contributed by atoms with Crippen molar-refractivity contribution in [3.63, 3.8) is 0 Å². The summed E-state index contributed by atoms with van der Waals surface area (Å²) in [6, 6.07) is 4.10. The first kappa shape index (κ1) is 16.4. The number of β-amino-alcohol motifs (C(OH)–C–C–N with tert-alkyl or cyclic N) is 1. The molecule has 0 saturated carbocycles. The van der Waals surface area contributed by atoms with Crippen LogP contribution >= 0.6 is 11.3 Å². The van der Waals surface area contributed by atoms with Gasteiger partial charge in [0.25, 0.3) is 0 Å². The molecule has 5 heteroatoms. The van der Waals surface area contributed by atoms with Crippen molar-refractivity contribution in [1.29, 1.82) is 0 Å². The van der Waals surface area contributed by atoms with E-state index in [-0.39, 0.29) is 6.10 Å². The van der Waals surface area contributed by atoms with Gasteiger partial charge in [0.1, 0.15) is 0 Å². The van der Waals surface area contributed by atoms with Crippen molar-refractivity contribution in [3.8, 4) is 0 Å². The predicted octanol–water partition coefficient (Wildman–Crippen LogP) is 2.04. The summed E-state index contributed by atoms with van der Waals surface area (Å²) in [5.74, 6) is 0.789. The van der Waals surface area contributed by atoms with E-state index >= 15 is 0 Å². The first-order chi connectivity index (χ1) is 10.8. The van der Waals surface area contributed by atoms with E-state index in [0.717, 1.165) is 25.6 Å². The van der Waals surface area contributed by atoms with Crippen LogP contribution in [0.15, 0.2) is 17.5 Å². The van der Waals surface area contributed by atoms with Crippen LogP contribution in [0.2, 0.25) is 0 Å². The minimum absolute atomic E-state index is 0.370. The van der Waals surface area contributed by atoms with Gasteiger partial charge in [-0.2, -0.15) is 0 Å². The average molecular weight is 324 g/mol. The predicted molar refractivity (Wildman–Crippen MR) is 90.2 cm³/mol. The van der Waals surface area contributed by atoms with Crippen molar-refractivity contribution >= 4 is 11.3 Å². The van der Waals surface area contributed by atoms with Gasteiger partial charge in [-0.1, -0.05) is 6.07 Å². The molecule has 2 fully saturated rings. The van der Waals surface area contributed by atoms with Crippen molar-refractivity contribution < 1.29 is 9.84 Å². The molecule has 3 heterocycles. The molecule has 0 radical (unpaired) electrons. The van der Waals surface area contributed by atoms with Crippen LogP contribution in [-0.4, -0.2) is 66.9 Å². The van der Waals surface area contributed by atoms with Crippen LogP contribution in [0, 0.1) is 5.92 Å². The highest BCUT2D eigenvalue weighted by Gasteiger charge is 2.26. The number of hydrogen-bond donors (Lipinski definition) is 1. The average Bonchev–Trinajstić information content (AvgIpc) is 3.22. The molecule has 0 bridgehead atoms. The van der Waals surface area contributed by atoms with E-state index in [1.54, 1.807) is 11.3 Å². The summed E-state index contributed by atoms with van der Waals surface area (Å²) in [5, 5.41) is 12.2. The molecule has 0 spiro atoms. The maximum atomic E-state index is 10.1. The fourth-order valence-electron chi connectivity index (χ4n) is 3.60. The van der Waals surface area contributed by atoms with Crippen LogP contribution < -0.4 is 0 Å². The van der Waals surface area contributed by atoms with Gasteiger partial charge in [0.2, 0.25) is 0 Å². The van der Waals surface area contributed by atoms with Gasteiger partial charge in [0.15, 0.2) is 0 Å². The van der Waals surface area contributed by atoms with E-state index in [9.17, 15) is 5.11 Å². The minimum atomic E-state index is -0.370. The molecular weight excluding hydrogens is 296 g/mol. The highest BCUT2D eigenvalue weighted by molar-refractivity contribution is 7.09. The van der Waals surface area contributed by atoms with Crippen LogP contribution in [0.4, 0.5) is 0 Å². The summed E-state index contributed by atoms with van der Waals surface area (Å²) in [4.78, 5) is 6.23. The van der Waals surface area contributed by atoms with Crippen molar-refractivity contribution in [3.05, 3.63) is 22.4 Å². The normalized spacial score (nSPS) is 25.0. The van der Waals surface area contributed by atoms with Crippen LogP contribution in [0.25, 0.3) is 0 Å². The Bertz CT molecular complexity index is 420. The third-order valence-electron chi connectivity index (χ3n) is 4.69. The zero-order valence-corrected chi connectivity index (χ0v) is 14.1. The number of hydrogen-bond acceptors (Lipinski definition) is 5. The van der Waals surface area contributed by atoms with Gasteiger partial charge in [-0.3, -0.25) is 0 Å². The molecule has 1 aromatic rings. The molecule has 22 heavy (non-hydrogen) atoms. The van der Waals surface area contributed by atoms with E-state index in [1.165, 1.54) is 43.8 Å². The van der Waals surface area contributed by atoms with E-state index in [1.807, 2.05) is 6.07 Å². The maximum absolute atomic E-state index is 10.1. The number of aliphatic hydroxyl groups is 1. The van der Waals surface area contributed by atoms with E-state index in [4.69, 9.17) is 4.74 Å². The zero-order valence-electron chi connectivity index (χ0n) is 13.3. The fraction of sp³-hybridized carbons (Fsp3) is 0.765. The SMILES string of the molecule is OC(COCc1cccs1)CN1CCC(CN2CCCC2)C1. The van der Waals surface area contributed by atoms with Crippen molar-refractivity contribution in [2.45, 2.75) is 32.0 Å². The Morgan fingerprint density at radius 2 is 2.14 bits per heavy atom. The van der Waals surface area contributed by atoms with Gasteiger partial charge >= 0.3 is 0 Å². The molecule has 0 amide bonds. The Morgan fingerprint density at radius 3 is 2.91 bits per heavy atom. The van der Waals surface area contributed by atoms with Crippen molar-refractivity contribution in [2.24, 2.45) is 5.92 Å². The topological polar surface area (TPSA) is 35.9 Å². The Morgan fingerprint density at radius 1 is 1.27 bits per heavy atom. The lowest BCUT2D eigenvalue weighted by Gasteiger charge is -2.22. The molecule has 0 aromatic carbocycles. The van der Waals surface area contributed by atoms with Crippen LogP contribution in [0.3, 0.4) is 0 Å². The Kier molecular flexibility index (Phi) is 6.27. The molecule has 2 aliphatic rings. The Hall–Kier alpha value is -0.460. The van der Waals surface area contributed by atoms with Crippen LogP contribution in [-0.2, 0) is 11.3 Å². The summed E-state index contributed by atoms with van der Waals surface area (Å²) in [5.41, 5.74) is 0. The Labute approximate surface area is 137 Å². The molecule has 0 aliphatic carbocycles. The quantitative estimate of drug-likeness (QED) is 0.794. The van der Waals surface area contributed by atoms with E-state index < -0.39 is 0 Å². The molecule has 2 atom stereocenters. The van der Waals surface area contributed by atoms with Gasteiger partial charge in [-0.05, 0) is 56.3 Å². The molecular formula is C17H28N2O2S. The summed E-state index contributed by atoms with van der Waals surface area (Å²) in [7, 11) is 0. The number of aliphatic hydroxyl groups excluding tert-OH is 1. The molecule has 2 unspecified atom stereocenters. The lowest BCUT2D eigenvalue weighted by molar-refractivity contribution is 0.0135. The van der Waals surface area contributed by atoms with E-state index in [2.05, 4.69) is 21.2 Å². The Balaban J connectivity index is 1.29. The van der Waals surface area contributed by atoms with Gasteiger partial charge in [-0.15, -0.1) is 11.3 Å². The second-order valence-electron chi connectivity index (χ2n) is 6.67. The lowest BCUT2D eigenvalue weighted by atomic mass is 10.1. The van der Waals surface area contributed by atoms with Crippen molar-refractivity contribution in [1.82, 2.24) is 9.80 Å². The number of rotatable bonds is 8. The van der Waals surface area contributed by atoms with Crippen LogP contribution in [0.1, 0.15) is 24.1 Å². The van der Waals surface area contributed by atoms with Gasteiger partial charge in [-0.25, -0.2) is 0 Å².